The first kappa shape index (κ1) is 16.3. The number of hydrogen-bond acceptors (Lipinski definition) is 3. The molecule has 1 aromatic rings. The lowest BCUT2D eigenvalue weighted by molar-refractivity contribution is -0.117. The Morgan fingerprint density at radius 1 is 1.43 bits per heavy atom. The fourth-order valence-corrected chi connectivity index (χ4v) is 2.77. The number of benzene rings is 1. The number of anilines is 1. The number of ether oxygens (including phenoxy) is 1. The minimum atomic E-state index is -3.02. The first-order chi connectivity index (χ1) is 9.95. The van der Waals surface area contributed by atoms with Gasteiger partial charge in [-0.05, 0) is 37.6 Å². The first-order valence-electron chi connectivity index (χ1n) is 6.40. The lowest BCUT2D eigenvalue weighted by atomic mass is 10.0. The number of carbonyl (C=O) groups is 1. The Kier molecular flexibility index (Phi) is 5.61. The number of hydrogen-bond donors (Lipinski definition) is 2. The SMILES string of the molecule is O=C(CC1CCNC1)Nc1cc(Cl)c(OC(F)F)c(Cl)c1. The molecule has 1 amide bonds. The molecule has 0 bridgehead atoms. The zero-order chi connectivity index (χ0) is 15.4. The van der Waals surface area contributed by atoms with Crippen molar-refractivity contribution in [1.82, 2.24) is 5.32 Å². The van der Waals surface area contributed by atoms with E-state index in [1.165, 1.54) is 12.1 Å². The van der Waals surface area contributed by atoms with Crippen molar-refractivity contribution < 1.29 is 18.3 Å². The third-order valence-corrected chi connectivity index (χ3v) is 3.69. The Morgan fingerprint density at radius 3 is 2.62 bits per heavy atom. The normalized spacial score (nSPS) is 18.0. The molecule has 1 aliphatic rings. The molecule has 2 N–H and O–H groups in total. The van der Waals surface area contributed by atoms with E-state index in [0.29, 0.717) is 18.0 Å². The zero-order valence-corrected chi connectivity index (χ0v) is 12.5. The summed E-state index contributed by atoms with van der Waals surface area (Å²) in [6.45, 7) is -1.29. The second-order valence-corrected chi connectivity index (χ2v) is 5.57. The Balaban J connectivity index is 2.01. The number of carbonyl (C=O) groups excluding carboxylic acids is 1. The minimum Gasteiger partial charge on any atom is -0.432 e. The molecule has 1 aromatic carbocycles. The number of nitrogens with one attached hydrogen (secondary N) is 2. The van der Waals surface area contributed by atoms with Crippen LogP contribution < -0.4 is 15.4 Å². The van der Waals surface area contributed by atoms with Crippen molar-refractivity contribution >= 4 is 34.8 Å². The van der Waals surface area contributed by atoms with Gasteiger partial charge in [0.1, 0.15) is 0 Å². The molecule has 0 aliphatic carbocycles. The maximum absolute atomic E-state index is 12.2. The molecule has 8 heteroatoms. The van der Waals surface area contributed by atoms with Crippen molar-refractivity contribution in [1.29, 1.82) is 0 Å². The summed E-state index contributed by atoms with van der Waals surface area (Å²) in [7, 11) is 0. The quantitative estimate of drug-likeness (QED) is 0.863. The summed E-state index contributed by atoms with van der Waals surface area (Å²) in [5.74, 6) is -0.165. The van der Waals surface area contributed by atoms with E-state index >= 15 is 0 Å². The molecular weight excluding hydrogens is 325 g/mol. The molecule has 1 fully saturated rings. The number of alkyl halides is 2. The zero-order valence-electron chi connectivity index (χ0n) is 11.0. The molecule has 1 unspecified atom stereocenters. The third-order valence-electron chi connectivity index (χ3n) is 3.13. The van der Waals surface area contributed by atoms with Crippen LogP contribution in [0.3, 0.4) is 0 Å². The first-order valence-corrected chi connectivity index (χ1v) is 7.15. The summed E-state index contributed by atoms with van der Waals surface area (Å²) in [6, 6.07) is 2.66. The van der Waals surface area contributed by atoms with Crippen LogP contribution in [0.5, 0.6) is 5.75 Å². The monoisotopic (exact) mass is 338 g/mol. The molecule has 4 nitrogen and oxygen atoms in total. The summed E-state index contributed by atoms with van der Waals surface area (Å²) in [6.07, 6.45) is 1.34. The van der Waals surface area contributed by atoms with Crippen molar-refractivity contribution in [2.75, 3.05) is 18.4 Å². The average Bonchev–Trinajstić information content (AvgIpc) is 2.86. The van der Waals surface area contributed by atoms with Crippen LogP contribution in [0, 0.1) is 5.92 Å². The van der Waals surface area contributed by atoms with E-state index in [0.717, 1.165) is 19.5 Å². The molecule has 1 aliphatic heterocycles. The van der Waals surface area contributed by atoms with Crippen molar-refractivity contribution in [3.8, 4) is 5.75 Å². The Bertz CT molecular complexity index is 500. The van der Waals surface area contributed by atoms with Gasteiger partial charge in [0.25, 0.3) is 0 Å². The summed E-state index contributed by atoms with van der Waals surface area (Å²) in [4.78, 5) is 11.9. The molecule has 21 heavy (non-hydrogen) atoms. The van der Waals surface area contributed by atoms with Crippen LogP contribution in [0.4, 0.5) is 14.5 Å². The predicted octanol–water partition coefficient (Wildman–Crippen LogP) is 3.53. The van der Waals surface area contributed by atoms with Gasteiger partial charge >= 0.3 is 6.61 Å². The molecule has 0 aromatic heterocycles. The highest BCUT2D eigenvalue weighted by Crippen LogP contribution is 2.37. The maximum Gasteiger partial charge on any atom is 0.387 e. The highest BCUT2D eigenvalue weighted by Gasteiger charge is 2.19. The average molecular weight is 339 g/mol. The van der Waals surface area contributed by atoms with Gasteiger partial charge in [-0.25, -0.2) is 0 Å². The Morgan fingerprint density at radius 2 is 2.10 bits per heavy atom. The lowest BCUT2D eigenvalue weighted by Gasteiger charge is -2.13. The summed E-state index contributed by atoms with van der Waals surface area (Å²) in [5, 5.41) is 5.66. The fraction of sp³-hybridized carbons (Fsp3) is 0.462. The van der Waals surface area contributed by atoms with E-state index < -0.39 is 6.61 Å². The number of halogens is 4. The van der Waals surface area contributed by atoms with Gasteiger partial charge in [-0.1, -0.05) is 23.2 Å². The third kappa shape index (κ3) is 4.69. The van der Waals surface area contributed by atoms with Crippen molar-refractivity contribution in [3.05, 3.63) is 22.2 Å². The Labute approximate surface area is 130 Å². The van der Waals surface area contributed by atoms with E-state index in [4.69, 9.17) is 23.2 Å². The number of rotatable bonds is 5. The van der Waals surface area contributed by atoms with Crippen LogP contribution in [-0.4, -0.2) is 25.6 Å². The van der Waals surface area contributed by atoms with Gasteiger partial charge in [-0.3, -0.25) is 4.79 Å². The van der Waals surface area contributed by atoms with Gasteiger partial charge in [0, 0.05) is 12.1 Å². The summed E-state index contributed by atoms with van der Waals surface area (Å²) in [5.41, 5.74) is 0.350. The molecule has 1 saturated heterocycles. The maximum atomic E-state index is 12.2. The van der Waals surface area contributed by atoms with E-state index in [-0.39, 0.29) is 21.7 Å². The minimum absolute atomic E-state index is 0.0827. The van der Waals surface area contributed by atoms with Crippen LogP contribution in [0.15, 0.2) is 12.1 Å². The van der Waals surface area contributed by atoms with Crippen LogP contribution in [0.2, 0.25) is 10.0 Å². The van der Waals surface area contributed by atoms with Crippen molar-refractivity contribution in [2.45, 2.75) is 19.5 Å². The van der Waals surface area contributed by atoms with Gasteiger partial charge in [0.15, 0.2) is 5.75 Å². The van der Waals surface area contributed by atoms with E-state index in [2.05, 4.69) is 15.4 Å². The largest absolute Gasteiger partial charge is 0.432 e. The molecule has 0 saturated carbocycles. The molecule has 0 radical (unpaired) electrons. The highest BCUT2D eigenvalue weighted by molar-refractivity contribution is 6.37. The van der Waals surface area contributed by atoms with Crippen LogP contribution in [0.25, 0.3) is 0 Å². The van der Waals surface area contributed by atoms with Crippen LogP contribution >= 0.6 is 23.2 Å². The van der Waals surface area contributed by atoms with Gasteiger partial charge in [0.2, 0.25) is 5.91 Å². The van der Waals surface area contributed by atoms with Gasteiger partial charge in [-0.15, -0.1) is 0 Å². The standard InChI is InChI=1S/C13H14Cl2F2N2O2/c14-9-4-8(5-10(15)12(9)21-13(16)17)19-11(20)3-7-1-2-18-6-7/h4-5,7,13,18H,1-3,6H2,(H,19,20). The number of amides is 1. The smallest absolute Gasteiger partial charge is 0.387 e. The lowest BCUT2D eigenvalue weighted by Crippen LogP contribution is -2.18. The second kappa shape index (κ2) is 7.24. The summed E-state index contributed by atoms with van der Waals surface area (Å²) < 4.78 is 28.6. The highest BCUT2D eigenvalue weighted by atomic mass is 35.5. The molecule has 1 heterocycles. The van der Waals surface area contributed by atoms with Crippen LogP contribution in [0.1, 0.15) is 12.8 Å². The molecular formula is C13H14Cl2F2N2O2. The van der Waals surface area contributed by atoms with E-state index in [1.807, 2.05) is 0 Å². The van der Waals surface area contributed by atoms with Gasteiger partial charge < -0.3 is 15.4 Å². The molecule has 0 spiro atoms. The second-order valence-electron chi connectivity index (χ2n) is 4.76. The van der Waals surface area contributed by atoms with E-state index in [9.17, 15) is 13.6 Å². The van der Waals surface area contributed by atoms with Crippen molar-refractivity contribution in [2.24, 2.45) is 5.92 Å². The molecule has 116 valence electrons. The topological polar surface area (TPSA) is 50.4 Å². The Hall–Kier alpha value is -1.11. The predicted molar refractivity (Wildman–Crippen MR) is 77.3 cm³/mol. The fourth-order valence-electron chi connectivity index (χ4n) is 2.20. The molecule has 1 atom stereocenters. The summed E-state index contributed by atoms with van der Waals surface area (Å²) >= 11 is 11.7. The van der Waals surface area contributed by atoms with E-state index in [1.54, 1.807) is 0 Å². The van der Waals surface area contributed by atoms with Crippen LogP contribution in [-0.2, 0) is 4.79 Å². The van der Waals surface area contributed by atoms with Crippen molar-refractivity contribution in [3.63, 3.8) is 0 Å². The molecule has 2 rings (SSSR count). The van der Waals surface area contributed by atoms with Gasteiger partial charge in [0.05, 0.1) is 10.0 Å². The van der Waals surface area contributed by atoms with Gasteiger partial charge in [-0.2, -0.15) is 8.78 Å².